The summed E-state index contributed by atoms with van der Waals surface area (Å²) in [6, 6.07) is 37.9. The Balaban J connectivity index is 1.26. The summed E-state index contributed by atoms with van der Waals surface area (Å²) >= 11 is 0. The molecule has 42 heavy (non-hydrogen) atoms. The summed E-state index contributed by atoms with van der Waals surface area (Å²) in [7, 11) is -0.663. The van der Waals surface area contributed by atoms with Crippen molar-refractivity contribution in [3.8, 4) is 0 Å². The topological polar surface area (TPSA) is 0 Å². The zero-order valence-corrected chi connectivity index (χ0v) is 27.0. The fraction of sp³-hybridized carbons (Fsp3) is 0.400. The maximum atomic E-state index is 2.75. The summed E-state index contributed by atoms with van der Waals surface area (Å²) in [4.78, 5) is 0. The van der Waals surface area contributed by atoms with E-state index in [1.165, 1.54) is 86.8 Å². The Morgan fingerprint density at radius 1 is 0.429 bits per heavy atom. The molecule has 6 aliphatic carbocycles. The molecule has 0 aliphatic heterocycles. The Morgan fingerprint density at radius 3 is 1.38 bits per heavy atom. The highest BCUT2D eigenvalue weighted by molar-refractivity contribution is 7.79. The van der Waals surface area contributed by atoms with Crippen molar-refractivity contribution in [3.05, 3.63) is 119 Å². The van der Waals surface area contributed by atoms with Crippen LogP contribution in [0.4, 0.5) is 0 Å². The second kappa shape index (κ2) is 13.6. The molecule has 0 nitrogen and oxygen atoms in total. The van der Waals surface area contributed by atoms with Crippen LogP contribution in [0.25, 0.3) is 0 Å². The fourth-order valence-electron chi connectivity index (χ4n) is 7.95. The molecule has 2 fully saturated rings. The first kappa shape index (κ1) is 28.5. The lowest BCUT2D eigenvalue weighted by atomic mass is 9.96. The molecule has 0 amide bonds. The third-order valence-electron chi connectivity index (χ3n) is 10.1. The zero-order chi connectivity index (χ0) is 28.1. The van der Waals surface area contributed by atoms with Crippen LogP contribution in [0.3, 0.4) is 0 Å². The second-order valence-corrected chi connectivity index (χ2v) is 17.9. The summed E-state index contributed by atoms with van der Waals surface area (Å²) in [6.07, 6.45) is 19.3. The minimum absolute atomic E-state index is 0.0760. The standard InChI is InChI=1S/C40H46P2/c1-5-13-35(14-6-1)41(36-15-7-2-8-16-36)39-29-31-21-25-33(39)27-23-32-22-26-34(28-24-31)40(30-32)42(37-17-9-3-10-18-37)38-19-11-4-12-20-38/h1-2,5-8,13-16,21-22,25-26,29-30,37-38H,3-4,9-12,17-20,23-24,27-28H2. The lowest BCUT2D eigenvalue weighted by molar-refractivity contribution is 0.487. The van der Waals surface area contributed by atoms with Gasteiger partial charge >= 0.3 is 0 Å². The van der Waals surface area contributed by atoms with Gasteiger partial charge in [0.1, 0.15) is 0 Å². The Labute approximate surface area is 256 Å². The monoisotopic (exact) mass is 588 g/mol. The van der Waals surface area contributed by atoms with Crippen LogP contribution in [0, 0.1) is 0 Å². The Kier molecular flexibility index (Phi) is 9.22. The van der Waals surface area contributed by atoms with Gasteiger partial charge in [-0.1, -0.05) is 144 Å². The van der Waals surface area contributed by atoms with Crippen LogP contribution in [-0.4, -0.2) is 11.3 Å². The van der Waals surface area contributed by atoms with Gasteiger partial charge < -0.3 is 0 Å². The Morgan fingerprint density at radius 2 is 0.881 bits per heavy atom. The summed E-state index contributed by atoms with van der Waals surface area (Å²) < 4.78 is 0. The molecule has 2 heteroatoms. The highest BCUT2D eigenvalue weighted by Crippen LogP contribution is 2.55. The van der Waals surface area contributed by atoms with Crippen molar-refractivity contribution in [1.82, 2.24) is 0 Å². The molecule has 6 aliphatic rings. The molecule has 216 valence electrons. The molecule has 0 radical (unpaired) electrons. The highest BCUT2D eigenvalue weighted by atomic mass is 31.1. The van der Waals surface area contributed by atoms with Crippen molar-refractivity contribution >= 4 is 37.1 Å². The van der Waals surface area contributed by atoms with Crippen molar-refractivity contribution in [3.63, 3.8) is 0 Å². The molecule has 10 rings (SSSR count). The van der Waals surface area contributed by atoms with E-state index in [0.29, 0.717) is 0 Å². The first-order valence-corrected chi connectivity index (χ1v) is 19.6. The van der Waals surface area contributed by atoms with E-state index in [1.54, 1.807) is 22.0 Å². The number of aryl methyl sites for hydroxylation is 4. The molecule has 2 saturated carbocycles. The SMILES string of the molecule is c1ccc(P(c2ccccc2)c2cc3ccc2CCc2ccc(c(P(C4CCCCC4)C4CCCCC4)c2)CC3)cc1. The molecule has 0 atom stereocenters. The van der Waals surface area contributed by atoms with E-state index in [0.717, 1.165) is 30.6 Å². The molecule has 0 unspecified atom stereocenters. The number of benzene rings is 4. The summed E-state index contributed by atoms with van der Waals surface area (Å²) in [6.45, 7) is 0. The average Bonchev–Trinajstić information content (AvgIpc) is 3.05. The second-order valence-electron chi connectivity index (χ2n) is 12.9. The lowest BCUT2D eigenvalue weighted by Crippen LogP contribution is -2.28. The third-order valence-corrected chi connectivity index (χ3v) is 16.3. The van der Waals surface area contributed by atoms with Crippen molar-refractivity contribution in [2.24, 2.45) is 0 Å². The van der Waals surface area contributed by atoms with Gasteiger partial charge in [-0.3, -0.25) is 0 Å². The number of hydrogen-bond donors (Lipinski definition) is 0. The number of rotatable bonds is 6. The van der Waals surface area contributed by atoms with Crippen molar-refractivity contribution in [2.75, 3.05) is 0 Å². The van der Waals surface area contributed by atoms with Crippen LogP contribution in [0.15, 0.2) is 97.1 Å². The van der Waals surface area contributed by atoms with Gasteiger partial charge in [-0.25, -0.2) is 0 Å². The van der Waals surface area contributed by atoms with Crippen molar-refractivity contribution in [2.45, 2.75) is 101 Å². The van der Waals surface area contributed by atoms with E-state index < -0.39 is 7.92 Å². The molecular formula is C40H46P2. The van der Waals surface area contributed by atoms with Crippen LogP contribution < -0.4 is 21.2 Å². The van der Waals surface area contributed by atoms with E-state index in [2.05, 4.69) is 97.1 Å². The number of hydrogen-bond acceptors (Lipinski definition) is 0. The van der Waals surface area contributed by atoms with Crippen LogP contribution >= 0.6 is 15.8 Å². The van der Waals surface area contributed by atoms with E-state index in [1.807, 2.05) is 5.30 Å². The average molecular weight is 589 g/mol. The normalized spacial score (nSPS) is 18.3. The zero-order valence-electron chi connectivity index (χ0n) is 25.2. The van der Waals surface area contributed by atoms with Crippen LogP contribution in [0.5, 0.6) is 0 Å². The van der Waals surface area contributed by atoms with Crippen LogP contribution in [0.1, 0.15) is 86.5 Å². The van der Waals surface area contributed by atoms with Gasteiger partial charge in [0.05, 0.1) is 0 Å². The Hall–Kier alpha value is -2.26. The van der Waals surface area contributed by atoms with Crippen LogP contribution in [0.2, 0.25) is 0 Å². The molecule has 0 aromatic heterocycles. The predicted octanol–water partition coefficient (Wildman–Crippen LogP) is 9.10. The first-order chi connectivity index (χ1) is 20.8. The van der Waals surface area contributed by atoms with E-state index >= 15 is 0 Å². The molecule has 4 aromatic carbocycles. The smallest absolute Gasteiger partial charge is 0.0116 e. The minimum atomic E-state index is -0.587. The van der Waals surface area contributed by atoms with Crippen molar-refractivity contribution in [1.29, 1.82) is 0 Å². The molecule has 0 saturated heterocycles. The minimum Gasteiger partial charge on any atom is -0.0686 e. The lowest BCUT2D eigenvalue weighted by Gasteiger charge is -2.40. The fourth-order valence-corrected chi connectivity index (χ4v) is 14.6. The van der Waals surface area contributed by atoms with Gasteiger partial charge in [0.15, 0.2) is 0 Å². The molecule has 0 heterocycles. The molecule has 0 N–H and O–H groups in total. The van der Waals surface area contributed by atoms with Gasteiger partial charge in [0, 0.05) is 0 Å². The molecular weight excluding hydrogens is 542 g/mol. The van der Waals surface area contributed by atoms with Gasteiger partial charge in [0.25, 0.3) is 0 Å². The van der Waals surface area contributed by atoms with Crippen LogP contribution in [-0.2, 0) is 25.7 Å². The summed E-state index contributed by atoms with van der Waals surface area (Å²) in [5.41, 5.74) is 8.25. The maximum Gasteiger partial charge on any atom is -0.0116 e. The van der Waals surface area contributed by atoms with Gasteiger partial charge in [-0.2, -0.15) is 0 Å². The summed E-state index contributed by atoms with van der Waals surface area (Å²) in [5, 5.41) is 6.31. The Bertz CT molecular complexity index is 1390. The van der Waals surface area contributed by atoms with E-state index in [4.69, 9.17) is 0 Å². The largest absolute Gasteiger partial charge is 0.0686 e. The van der Waals surface area contributed by atoms with E-state index in [-0.39, 0.29) is 7.92 Å². The quantitative estimate of drug-likeness (QED) is 0.197. The molecule has 0 spiro atoms. The van der Waals surface area contributed by atoms with Gasteiger partial charge in [-0.15, -0.1) is 0 Å². The predicted molar refractivity (Wildman–Crippen MR) is 187 cm³/mol. The molecule has 4 bridgehead atoms. The first-order valence-electron chi connectivity index (χ1n) is 16.8. The summed E-state index contributed by atoms with van der Waals surface area (Å²) in [5.74, 6) is 0. The third kappa shape index (κ3) is 6.33. The molecule has 4 aromatic rings. The maximum absolute atomic E-state index is 2.75. The van der Waals surface area contributed by atoms with Gasteiger partial charge in [-0.05, 0) is 114 Å². The van der Waals surface area contributed by atoms with Crippen molar-refractivity contribution < 1.29 is 0 Å². The highest BCUT2D eigenvalue weighted by Gasteiger charge is 2.33. The van der Waals surface area contributed by atoms with Gasteiger partial charge in [0.2, 0.25) is 0 Å². The van der Waals surface area contributed by atoms with E-state index in [9.17, 15) is 0 Å².